The van der Waals surface area contributed by atoms with Gasteiger partial charge in [0.25, 0.3) is 0 Å². The summed E-state index contributed by atoms with van der Waals surface area (Å²) in [6.45, 7) is 4.93. The van der Waals surface area contributed by atoms with Crippen molar-refractivity contribution in [2.45, 2.75) is 39.3 Å². The average Bonchev–Trinajstić information content (AvgIpc) is 2.86. The van der Waals surface area contributed by atoms with Crippen LogP contribution < -0.4 is 10.1 Å². The van der Waals surface area contributed by atoms with Crippen molar-refractivity contribution in [3.05, 3.63) is 101 Å². The van der Waals surface area contributed by atoms with Crippen LogP contribution in [-0.4, -0.2) is 18.2 Å². The van der Waals surface area contributed by atoms with E-state index in [4.69, 9.17) is 9.84 Å². The molecule has 0 unspecified atom stereocenters. The molecule has 0 saturated carbocycles. The van der Waals surface area contributed by atoms with E-state index in [0.29, 0.717) is 6.42 Å². The van der Waals surface area contributed by atoms with E-state index in [9.17, 15) is 4.79 Å². The zero-order chi connectivity index (χ0) is 24.1. The molecule has 34 heavy (non-hydrogen) atoms. The number of methoxy groups -OCH3 is 1. The molecule has 0 saturated heterocycles. The van der Waals surface area contributed by atoms with Crippen molar-refractivity contribution in [3.8, 4) is 16.9 Å². The molecule has 0 fully saturated rings. The Morgan fingerprint density at radius 2 is 1.82 bits per heavy atom. The fourth-order valence-electron chi connectivity index (χ4n) is 4.36. The van der Waals surface area contributed by atoms with Crippen LogP contribution in [0.1, 0.15) is 41.6 Å². The molecule has 0 aliphatic carbocycles. The molecule has 0 amide bonds. The van der Waals surface area contributed by atoms with Crippen molar-refractivity contribution in [1.29, 1.82) is 0 Å². The van der Waals surface area contributed by atoms with Crippen molar-refractivity contribution >= 4 is 16.7 Å². The van der Waals surface area contributed by atoms with E-state index in [1.807, 2.05) is 19.1 Å². The number of carboxylic acids is 1. The molecule has 0 radical (unpaired) electrons. The molecule has 0 spiro atoms. The summed E-state index contributed by atoms with van der Waals surface area (Å²) in [6.07, 6.45) is 0.670. The van der Waals surface area contributed by atoms with Gasteiger partial charge in [0.15, 0.2) is 0 Å². The summed E-state index contributed by atoms with van der Waals surface area (Å²) in [7, 11) is 1.69. The summed E-state index contributed by atoms with van der Waals surface area (Å²) >= 11 is 0. The van der Waals surface area contributed by atoms with Gasteiger partial charge < -0.3 is 15.2 Å². The molecule has 4 rings (SSSR count). The van der Waals surface area contributed by atoms with E-state index in [1.165, 1.54) is 27.5 Å². The number of rotatable bonds is 9. The molecule has 0 bridgehead atoms. The number of benzene rings is 4. The van der Waals surface area contributed by atoms with Gasteiger partial charge in [0.2, 0.25) is 0 Å². The maximum Gasteiger partial charge on any atom is 0.303 e. The maximum atomic E-state index is 11.1. The molecule has 1 atom stereocenters. The lowest BCUT2D eigenvalue weighted by atomic mass is 9.92. The number of nitrogens with one attached hydrogen (secondary N) is 1. The number of aryl methyl sites for hydroxylation is 2. The van der Waals surface area contributed by atoms with Gasteiger partial charge >= 0.3 is 5.97 Å². The lowest BCUT2D eigenvalue weighted by Crippen LogP contribution is -2.18. The van der Waals surface area contributed by atoms with Gasteiger partial charge in [-0.25, -0.2) is 0 Å². The lowest BCUT2D eigenvalue weighted by molar-refractivity contribution is -0.136. The maximum absolute atomic E-state index is 11.1. The Labute approximate surface area is 201 Å². The van der Waals surface area contributed by atoms with Gasteiger partial charge in [0.1, 0.15) is 5.75 Å². The van der Waals surface area contributed by atoms with E-state index in [2.05, 4.69) is 79.0 Å². The number of carboxylic acid groups (broad SMARTS) is 1. The first-order valence-electron chi connectivity index (χ1n) is 11.7. The van der Waals surface area contributed by atoms with Gasteiger partial charge in [0, 0.05) is 19.0 Å². The predicted molar refractivity (Wildman–Crippen MR) is 138 cm³/mol. The van der Waals surface area contributed by atoms with Crippen LogP contribution in [0.3, 0.4) is 0 Å². The smallest absolute Gasteiger partial charge is 0.303 e. The Morgan fingerprint density at radius 3 is 2.62 bits per heavy atom. The highest BCUT2D eigenvalue weighted by atomic mass is 16.5. The third-order valence-corrected chi connectivity index (χ3v) is 6.40. The largest absolute Gasteiger partial charge is 0.497 e. The second-order valence-corrected chi connectivity index (χ2v) is 8.78. The second-order valence-electron chi connectivity index (χ2n) is 8.78. The minimum atomic E-state index is -0.770. The van der Waals surface area contributed by atoms with Crippen LogP contribution in [0.4, 0.5) is 0 Å². The first-order valence-corrected chi connectivity index (χ1v) is 11.7. The van der Waals surface area contributed by atoms with E-state index >= 15 is 0 Å². The summed E-state index contributed by atoms with van der Waals surface area (Å²) in [6, 6.07) is 27.6. The number of hydrogen-bond donors (Lipinski definition) is 2. The molecule has 0 heterocycles. The van der Waals surface area contributed by atoms with Gasteiger partial charge in [-0.15, -0.1) is 0 Å². The van der Waals surface area contributed by atoms with Crippen molar-refractivity contribution in [2.75, 3.05) is 7.11 Å². The number of hydrogen-bond acceptors (Lipinski definition) is 3. The molecule has 0 aliphatic rings. The zero-order valence-corrected chi connectivity index (χ0v) is 20.0. The van der Waals surface area contributed by atoms with Gasteiger partial charge in [-0.3, -0.25) is 4.79 Å². The Bertz CT molecular complexity index is 1310. The topological polar surface area (TPSA) is 58.6 Å². The highest BCUT2D eigenvalue weighted by molar-refractivity contribution is 5.97. The fourth-order valence-corrected chi connectivity index (χ4v) is 4.36. The van der Waals surface area contributed by atoms with Crippen molar-refractivity contribution in [3.63, 3.8) is 0 Å². The lowest BCUT2D eigenvalue weighted by Gasteiger charge is -2.17. The minimum Gasteiger partial charge on any atom is -0.497 e. The summed E-state index contributed by atoms with van der Waals surface area (Å²) < 4.78 is 5.37. The Balaban J connectivity index is 1.64. The minimum absolute atomic E-state index is 0.136. The third kappa shape index (κ3) is 5.46. The van der Waals surface area contributed by atoms with Crippen LogP contribution in [0.5, 0.6) is 5.75 Å². The van der Waals surface area contributed by atoms with Gasteiger partial charge in [-0.1, -0.05) is 54.6 Å². The predicted octanol–water partition coefficient (Wildman–Crippen LogP) is 6.69. The van der Waals surface area contributed by atoms with Crippen LogP contribution in [0.15, 0.2) is 78.9 Å². The number of fused-ring (bicyclic) bond motifs is 1. The summed E-state index contributed by atoms with van der Waals surface area (Å²) in [5.74, 6) is 0.0886. The summed E-state index contributed by atoms with van der Waals surface area (Å²) in [4.78, 5) is 11.1. The first kappa shape index (κ1) is 23.5. The zero-order valence-electron chi connectivity index (χ0n) is 20.0. The highest BCUT2D eigenvalue weighted by Crippen LogP contribution is 2.32. The quantitative estimate of drug-likeness (QED) is 0.296. The first-order chi connectivity index (χ1) is 16.4. The third-order valence-electron chi connectivity index (χ3n) is 6.40. The Hall–Kier alpha value is -3.63. The molecular formula is C30H31NO3. The molecule has 174 valence electrons. The monoisotopic (exact) mass is 453 g/mol. The van der Waals surface area contributed by atoms with Crippen molar-refractivity contribution in [2.24, 2.45) is 0 Å². The van der Waals surface area contributed by atoms with E-state index in [-0.39, 0.29) is 12.5 Å². The fraction of sp³-hybridized carbons (Fsp3) is 0.233. The molecule has 2 N–H and O–H groups in total. The number of ether oxygens (including phenoxy) is 1. The van der Waals surface area contributed by atoms with E-state index in [0.717, 1.165) is 29.0 Å². The summed E-state index contributed by atoms with van der Waals surface area (Å²) in [5, 5.41) is 15.2. The van der Waals surface area contributed by atoms with Gasteiger partial charge in [-0.05, 0) is 88.7 Å². The van der Waals surface area contributed by atoms with Crippen molar-refractivity contribution in [1.82, 2.24) is 5.32 Å². The molecule has 4 aromatic rings. The van der Waals surface area contributed by atoms with E-state index in [1.54, 1.807) is 7.11 Å². The normalized spacial score (nSPS) is 12.0. The number of aliphatic carboxylic acids is 1. The average molecular weight is 454 g/mol. The van der Waals surface area contributed by atoms with Crippen LogP contribution in [-0.2, 0) is 17.8 Å². The Morgan fingerprint density at radius 1 is 1.00 bits per heavy atom. The standard InChI is InChI=1S/C30H31NO3/c1-20-11-12-26(17-23(20)13-14-30(32)33)29-16-22(15-25-7-4-5-10-28(25)29)19-31-21(2)24-8-6-9-27(18-24)34-3/h4-12,15-18,21,31H,13-14,19H2,1-3H3,(H,32,33)/t21-/m1/s1. The van der Waals surface area contributed by atoms with Crippen molar-refractivity contribution < 1.29 is 14.6 Å². The molecule has 4 heteroatoms. The molecule has 0 aliphatic heterocycles. The highest BCUT2D eigenvalue weighted by Gasteiger charge is 2.11. The van der Waals surface area contributed by atoms with Gasteiger partial charge in [-0.2, -0.15) is 0 Å². The Kier molecular flexibility index (Phi) is 7.29. The number of carbonyl (C=O) groups is 1. The molecular weight excluding hydrogens is 422 g/mol. The van der Waals surface area contributed by atoms with Crippen LogP contribution in [0.2, 0.25) is 0 Å². The van der Waals surface area contributed by atoms with Gasteiger partial charge in [0.05, 0.1) is 7.11 Å². The second kappa shape index (κ2) is 10.5. The van der Waals surface area contributed by atoms with Crippen LogP contribution in [0.25, 0.3) is 21.9 Å². The summed E-state index contributed by atoms with van der Waals surface area (Å²) in [5.41, 5.74) is 6.88. The van der Waals surface area contributed by atoms with Crippen LogP contribution >= 0.6 is 0 Å². The molecule has 4 nitrogen and oxygen atoms in total. The van der Waals surface area contributed by atoms with E-state index < -0.39 is 5.97 Å². The molecule has 4 aromatic carbocycles. The SMILES string of the molecule is COc1cccc([C@@H](C)NCc2cc(-c3ccc(C)c(CCC(=O)O)c3)c3ccccc3c2)c1. The molecule has 0 aromatic heterocycles. The van der Waals surface area contributed by atoms with Crippen LogP contribution in [0, 0.1) is 6.92 Å².